The molecule has 0 aliphatic rings. The summed E-state index contributed by atoms with van der Waals surface area (Å²) in [5.41, 5.74) is 0. The lowest BCUT2D eigenvalue weighted by atomic mass is 10.1. The van der Waals surface area contributed by atoms with Crippen molar-refractivity contribution in [1.29, 1.82) is 0 Å². The lowest BCUT2D eigenvalue weighted by molar-refractivity contribution is -0.873. The molecule has 6 heteroatoms. The highest BCUT2D eigenvalue weighted by atomic mass is 16.5. The number of carboxylic acid groups (broad SMARTS) is 1. The Labute approximate surface area is 126 Å². The van der Waals surface area contributed by atoms with Crippen molar-refractivity contribution in [3.63, 3.8) is 0 Å². The molecule has 0 saturated carbocycles. The van der Waals surface area contributed by atoms with Crippen LogP contribution < -0.4 is 0 Å². The highest BCUT2D eigenvalue weighted by Gasteiger charge is 2.24. The minimum Gasteiger partial charge on any atom is -0.481 e. The standard InChI is InChI=1S/C15H27NO5/c1-5-6-7-12(17)8-9-15(20)21-13(10-14(18)19)11-16(2,3)4/h5-6,12-13,17H,7-11H2,1-4H3/p+1/b6-5+. The van der Waals surface area contributed by atoms with Gasteiger partial charge in [0.2, 0.25) is 0 Å². The smallest absolute Gasteiger partial charge is 0.307 e. The first-order valence-corrected chi connectivity index (χ1v) is 7.15. The highest BCUT2D eigenvalue weighted by molar-refractivity contribution is 5.71. The van der Waals surface area contributed by atoms with Crippen LogP contribution in [0, 0.1) is 0 Å². The van der Waals surface area contributed by atoms with Crippen molar-refractivity contribution in [2.75, 3.05) is 27.7 Å². The van der Waals surface area contributed by atoms with Gasteiger partial charge in [-0.05, 0) is 19.8 Å². The van der Waals surface area contributed by atoms with Crippen LogP contribution in [-0.2, 0) is 14.3 Å². The van der Waals surface area contributed by atoms with Gasteiger partial charge in [0.1, 0.15) is 6.54 Å². The lowest BCUT2D eigenvalue weighted by Crippen LogP contribution is -2.43. The van der Waals surface area contributed by atoms with E-state index in [0.29, 0.717) is 23.9 Å². The van der Waals surface area contributed by atoms with Crippen LogP contribution in [0.3, 0.4) is 0 Å². The number of carboxylic acids is 1. The van der Waals surface area contributed by atoms with Gasteiger partial charge in [0.05, 0.1) is 33.7 Å². The van der Waals surface area contributed by atoms with Crippen LogP contribution >= 0.6 is 0 Å². The number of carbonyl (C=O) groups is 2. The molecule has 6 nitrogen and oxygen atoms in total. The SMILES string of the molecule is C/C=C/CC(O)CCC(=O)OC(CC(=O)O)C[N+](C)(C)C. The van der Waals surface area contributed by atoms with E-state index in [1.165, 1.54) is 0 Å². The summed E-state index contributed by atoms with van der Waals surface area (Å²) in [7, 11) is 5.72. The molecule has 0 aromatic heterocycles. The summed E-state index contributed by atoms with van der Waals surface area (Å²) >= 11 is 0. The van der Waals surface area contributed by atoms with Crippen LogP contribution in [0.25, 0.3) is 0 Å². The van der Waals surface area contributed by atoms with Crippen molar-refractivity contribution in [2.24, 2.45) is 0 Å². The molecule has 0 aliphatic carbocycles. The van der Waals surface area contributed by atoms with Gasteiger partial charge in [-0.1, -0.05) is 12.2 Å². The number of esters is 1. The molecule has 0 aliphatic heterocycles. The van der Waals surface area contributed by atoms with Crippen LogP contribution in [0.5, 0.6) is 0 Å². The molecule has 2 unspecified atom stereocenters. The van der Waals surface area contributed by atoms with Crippen molar-refractivity contribution in [3.8, 4) is 0 Å². The van der Waals surface area contributed by atoms with Crippen molar-refractivity contribution in [2.45, 2.75) is 44.8 Å². The van der Waals surface area contributed by atoms with E-state index in [1.807, 2.05) is 40.2 Å². The fourth-order valence-corrected chi connectivity index (χ4v) is 1.89. The molecule has 2 N–H and O–H groups in total. The van der Waals surface area contributed by atoms with Gasteiger partial charge < -0.3 is 19.4 Å². The summed E-state index contributed by atoms with van der Waals surface area (Å²) in [5, 5.41) is 18.5. The second kappa shape index (κ2) is 9.52. The predicted molar refractivity (Wildman–Crippen MR) is 79.7 cm³/mol. The van der Waals surface area contributed by atoms with Gasteiger partial charge in [-0.15, -0.1) is 0 Å². The van der Waals surface area contributed by atoms with E-state index in [9.17, 15) is 14.7 Å². The minimum atomic E-state index is -0.991. The fourth-order valence-electron chi connectivity index (χ4n) is 1.89. The Morgan fingerprint density at radius 2 is 1.90 bits per heavy atom. The molecule has 0 bridgehead atoms. The first kappa shape index (κ1) is 19.6. The van der Waals surface area contributed by atoms with Crippen molar-refractivity contribution in [3.05, 3.63) is 12.2 Å². The zero-order valence-electron chi connectivity index (χ0n) is 13.4. The monoisotopic (exact) mass is 302 g/mol. The second-order valence-electron chi connectivity index (χ2n) is 6.18. The number of aliphatic hydroxyl groups is 1. The largest absolute Gasteiger partial charge is 0.481 e. The first-order valence-electron chi connectivity index (χ1n) is 7.15. The molecular weight excluding hydrogens is 274 g/mol. The minimum absolute atomic E-state index is 0.0893. The molecular formula is C15H28NO5+. The summed E-state index contributed by atoms with van der Waals surface area (Å²) in [5.74, 6) is -1.46. The van der Waals surface area contributed by atoms with Gasteiger partial charge >= 0.3 is 11.9 Å². The summed E-state index contributed by atoms with van der Waals surface area (Å²) in [4.78, 5) is 22.6. The highest BCUT2D eigenvalue weighted by Crippen LogP contribution is 2.09. The summed E-state index contributed by atoms with van der Waals surface area (Å²) in [6, 6.07) is 0. The summed E-state index contributed by atoms with van der Waals surface area (Å²) < 4.78 is 5.74. The van der Waals surface area contributed by atoms with Crippen LogP contribution in [0.2, 0.25) is 0 Å². The molecule has 0 heterocycles. The number of hydrogen-bond donors (Lipinski definition) is 2. The van der Waals surface area contributed by atoms with E-state index in [4.69, 9.17) is 9.84 Å². The molecule has 0 rings (SSSR count). The van der Waals surface area contributed by atoms with Gasteiger partial charge in [-0.25, -0.2) is 0 Å². The lowest BCUT2D eigenvalue weighted by Gasteiger charge is -2.28. The molecule has 0 aromatic rings. The predicted octanol–water partition coefficient (Wildman–Crippen LogP) is 1.19. The van der Waals surface area contributed by atoms with E-state index < -0.39 is 24.1 Å². The number of likely N-dealkylation sites (N-methyl/N-ethyl adjacent to an activating group) is 1. The number of allylic oxidation sites excluding steroid dienone is 1. The zero-order chi connectivity index (χ0) is 16.5. The van der Waals surface area contributed by atoms with E-state index in [0.717, 1.165) is 0 Å². The van der Waals surface area contributed by atoms with Gasteiger partial charge in [0.25, 0.3) is 0 Å². The number of ether oxygens (including phenoxy) is 1. The molecule has 122 valence electrons. The fraction of sp³-hybridized carbons (Fsp3) is 0.733. The first-order chi connectivity index (χ1) is 9.64. The third kappa shape index (κ3) is 12.1. The number of aliphatic carboxylic acids is 1. The van der Waals surface area contributed by atoms with Gasteiger partial charge in [0, 0.05) is 6.42 Å². The second-order valence-corrected chi connectivity index (χ2v) is 6.18. The van der Waals surface area contributed by atoms with Gasteiger partial charge in [0.15, 0.2) is 6.10 Å². The van der Waals surface area contributed by atoms with E-state index >= 15 is 0 Å². The number of rotatable bonds is 10. The van der Waals surface area contributed by atoms with E-state index in [-0.39, 0.29) is 12.8 Å². The average molecular weight is 302 g/mol. The van der Waals surface area contributed by atoms with Crippen molar-refractivity contribution in [1.82, 2.24) is 0 Å². The number of carbonyl (C=O) groups excluding carboxylic acids is 1. The Bertz CT molecular complexity index is 360. The Morgan fingerprint density at radius 1 is 1.29 bits per heavy atom. The van der Waals surface area contributed by atoms with Gasteiger partial charge in [-0.3, -0.25) is 9.59 Å². The summed E-state index contributed by atoms with van der Waals surface area (Å²) in [6.07, 6.45) is 3.14. The Morgan fingerprint density at radius 3 is 2.38 bits per heavy atom. The van der Waals surface area contributed by atoms with Crippen LogP contribution in [0.15, 0.2) is 12.2 Å². The Kier molecular flexibility index (Phi) is 8.89. The molecule has 0 saturated heterocycles. The number of quaternary nitrogens is 1. The third-order valence-electron chi connectivity index (χ3n) is 2.78. The maximum Gasteiger partial charge on any atom is 0.307 e. The molecule has 0 radical (unpaired) electrons. The molecule has 0 fully saturated rings. The zero-order valence-corrected chi connectivity index (χ0v) is 13.4. The number of nitrogens with zero attached hydrogens (tertiary/aromatic N) is 1. The average Bonchev–Trinajstić information content (AvgIpc) is 2.30. The topological polar surface area (TPSA) is 83.8 Å². The van der Waals surface area contributed by atoms with Gasteiger partial charge in [-0.2, -0.15) is 0 Å². The molecule has 21 heavy (non-hydrogen) atoms. The normalized spacial score (nSPS) is 14.9. The molecule has 0 aromatic carbocycles. The maximum absolute atomic E-state index is 11.7. The molecule has 0 amide bonds. The maximum atomic E-state index is 11.7. The van der Waals surface area contributed by atoms with Crippen LogP contribution in [0.1, 0.15) is 32.6 Å². The third-order valence-corrected chi connectivity index (χ3v) is 2.78. The van der Waals surface area contributed by atoms with Crippen molar-refractivity contribution < 1.29 is 29.0 Å². The van der Waals surface area contributed by atoms with E-state index in [1.54, 1.807) is 0 Å². The molecule has 0 spiro atoms. The number of aliphatic hydroxyl groups excluding tert-OH is 1. The van der Waals surface area contributed by atoms with Crippen molar-refractivity contribution >= 4 is 11.9 Å². The number of hydrogen-bond acceptors (Lipinski definition) is 4. The van der Waals surface area contributed by atoms with Crippen LogP contribution in [0.4, 0.5) is 0 Å². The Hall–Kier alpha value is -1.40. The Balaban J connectivity index is 4.29. The molecule has 2 atom stereocenters. The van der Waals surface area contributed by atoms with E-state index in [2.05, 4.69) is 0 Å². The summed E-state index contributed by atoms with van der Waals surface area (Å²) in [6.45, 7) is 2.29. The van der Waals surface area contributed by atoms with Crippen LogP contribution in [-0.4, -0.2) is 66.5 Å². The quantitative estimate of drug-likeness (QED) is 0.360.